The Balaban J connectivity index is 2.52. The molecule has 1 aliphatic heterocycles. The van der Waals surface area contributed by atoms with Crippen LogP contribution in [0.4, 0.5) is 4.79 Å². The van der Waals surface area contributed by atoms with Crippen LogP contribution in [0.5, 0.6) is 0 Å². The molecule has 6 nitrogen and oxygen atoms in total. The molecule has 1 fully saturated rings. The van der Waals surface area contributed by atoms with Crippen LogP contribution in [-0.2, 0) is 4.79 Å². The van der Waals surface area contributed by atoms with Gasteiger partial charge in [-0.05, 0) is 18.8 Å². The second-order valence-corrected chi connectivity index (χ2v) is 6.02. The molecule has 0 radical (unpaired) electrons. The number of hydrogen-bond donors (Lipinski definition) is 3. The minimum Gasteiger partial charge on any atom is -0.334 e. The highest BCUT2D eigenvalue weighted by atomic mass is 16.2. The van der Waals surface area contributed by atoms with E-state index in [4.69, 9.17) is 5.73 Å². The average molecular weight is 282 g/mol. The number of piperidine rings is 1. The molecule has 1 aliphatic rings. The van der Waals surface area contributed by atoms with Gasteiger partial charge in [0.2, 0.25) is 5.91 Å². The van der Waals surface area contributed by atoms with E-state index < -0.39 is 6.03 Å². The number of urea groups is 1. The highest BCUT2D eigenvalue weighted by Crippen LogP contribution is 2.28. The highest BCUT2D eigenvalue weighted by molar-refractivity contribution is 5.96. The summed E-state index contributed by atoms with van der Waals surface area (Å²) in [7, 11) is 0. The Bertz CT molecular complexity index is 381. The molecular weight excluding hydrogens is 256 g/mol. The maximum absolute atomic E-state index is 12.0. The number of rotatable bonds is 4. The Morgan fingerprint density at radius 3 is 2.75 bits per heavy atom. The van der Waals surface area contributed by atoms with Crippen LogP contribution in [0.15, 0.2) is 12.7 Å². The summed E-state index contributed by atoms with van der Waals surface area (Å²) in [5.74, 6) is -0.294. The van der Waals surface area contributed by atoms with E-state index in [0.717, 1.165) is 19.5 Å². The molecule has 1 saturated heterocycles. The van der Waals surface area contributed by atoms with Crippen molar-refractivity contribution in [1.82, 2.24) is 15.5 Å². The topological polar surface area (TPSA) is 87.5 Å². The molecule has 1 heterocycles. The Morgan fingerprint density at radius 1 is 1.55 bits per heavy atom. The number of amides is 3. The molecular formula is C14H26N4O2. The quantitative estimate of drug-likeness (QED) is 0.653. The van der Waals surface area contributed by atoms with Crippen LogP contribution in [0.1, 0.15) is 27.2 Å². The second-order valence-electron chi connectivity index (χ2n) is 6.02. The first-order valence-corrected chi connectivity index (χ1v) is 6.97. The summed E-state index contributed by atoms with van der Waals surface area (Å²) in [5.41, 5.74) is 6.06. The van der Waals surface area contributed by atoms with Gasteiger partial charge >= 0.3 is 6.03 Å². The zero-order chi connectivity index (χ0) is 15.3. The van der Waals surface area contributed by atoms with Crippen molar-refractivity contribution in [3.63, 3.8) is 0 Å². The van der Waals surface area contributed by atoms with Crippen molar-refractivity contribution >= 4 is 11.9 Å². The third kappa shape index (κ3) is 4.31. The smallest absolute Gasteiger partial charge is 0.321 e. The maximum Gasteiger partial charge on any atom is 0.321 e. The zero-order valence-corrected chi connectivity index (χ0v) is 12.6. The molecule has 2 atom stereocenters. The summed E-state index contributed by atoms with van der Waals surface area (Å²) < 4.78 is 0. The normalized spacial score (nSPS) is 23.7. The number of carbonyl (C=O) groups excluding carboxylic acids is 2. The van der Waals surface area contributed by atoms with E-state index >= 15 is 0 Å². The number of hydrogen-bond acceptors (Lipinski definition) is 4. The number of carbonyl (C=O) groups is 2. The fraction of sp³-hybridized carbons (Fsp3) is 0.714. The van der Waals surface area contributed by atoms with Gasteiger partial charge in [0.1, 0.15) is 0 Å². The molecule has 6 heteroatoms. The van der Waals surface area contributed by atoms with Crippen molar-refractivity contribution < 1.29 is 9.59 Å². The van der Waals surface area contributed by atoms with Gasteiger partial charge in [0, 0.05) is 25.7 Å². The lowest BCUT2D eigenvalue weighted by atomic mass is 9.79. The van der Waals surface area contributed by atoms with Crippen LogP contribution in [0, 0.1) is 5.41 Å². The Kier molecular flexibility index (Phi) is 5.71. The van der Waals surface area contributed by atoms with Gasteiger partial charge in [-0.3, -0.25) is 15.0 Å². The van der Waals surface area contributed by atoms with Gasteiger partial charge in [0.25, 0.3) is 0 Å². The first-order chi connectivity index (χ1) is 9.27. The molecule has 2 unspecified atom stereocenters. The molecule has 0 aromatic rings. The van der Waals surface area contributed by atoms with Crippen molar-refractivity contribution in [2.75, 3.05) is 19.6 Å². The van der Waals surface area contributed by atoms with Crippen LogP contribution in [0.2, 0.25) is 0 Å². The van der Waals surface area contributed by atoms with E-state index in [1.54, 1.807) is 6.08 Å². The predicted octanol–water partition coefficient (Wildman–Crippen LogP) is 0.446. The molecule has 0 spiro atoms. The molecule has 114 valence electrons. The number of nitrogens with two attached hydrogens (primary N) is 1. The summed E-state index contributed by atoms with van der Waals surface area (Å²) in [4.78, 5) is 25.6. The Labute approximate surface area is 120 Å². The number of likely N-dealkylation sites (tertiary alicyclic amines) is 1. The molecule has 0 aromatic heterocycles. The number of imide groups is 1. The lowest BCUT2D eigenvalue weighted by Crippen LogP contribution is -2.58. The van der Waals surface area contributed by atoms with Crippen LogP contribution < -0.4 is 16.4 Å². The minimum atomic E-state index is -0.491. The highest BCUT2D eigenvalue weighted by Gasteiger charge is 2.36. The van der Waals surface area contributed by atoms with E-state index in [-0.39, 0.29) is 23.4 Å². The SMILES string of the molecule is C=CCNC(=O)NC(=O)C(C)N1CCC(N)C(C)(C)C1. The van der Waals surface area contributed by atoms with E-state index in [9.17, 15) is 9.59 Å². The van der Waals surface area contributed by atoms with Gasteiger partial charge < -0.3 is 11.1 Å². The molecule has 1 rings (SSSR count). The van der Waals surface area contributed by atoms with Crippen molar-refractivity contribution in [2.45, 2.75) is 39.3 Å². The number of nitrogens with one attached hydrogen (secondary N) is 2. The van der Waals surface area contributed by atoms with Crippen LogP contribution in [0.3, 0.4) is 0 Å². The van der Waals surface area contributed by atoms with Gasteiger partial charge in [-0.25, -0.2) is 4.79 Å². The summed E-state index contributed by atoms with van der Waals surface area (Å²) in [6.07, 6.45) is 2.41. The zero-order valence-electron chi connectivity index (χ0n) is 12.6. The third-order valence-corrected chi connectivity index (χ3v) is 3.91. The van der Waals surface area contributed by atoms with E-state index in [1.165, 1.54) is 0 Å². The van der Waals surface area contributed by atoms with Crippen molar-refractivity contribution in [3.05, 3.63) is 12.7 Å². The first-order valence-electron chi connectivity index (χ1n) is 6.97. The molecule has 0 saturated carbocycles. The van der Waals surface area contributed by atoms with Gasteiger partial charge in [0.15, 0.2) is 0 Å². The summed E-state index contributed by atoms with van der Waals surface area (Å²) in [6.45, 7) is 11.4. The fourth-order valence-electron chi connectivity index (χ4n) is 2.34. The fourth-order valence-corrected chi connectivity index (χ4v) is 2.34. The maximum atomic E-state index is 12.0. The molecule has 0 aliphatic carbocycles. The summed E-state index contributed by atoms with van der Waals surface area (Å²) in [6, 6.07) is -0.698. The second kappa shape index (κ2) is 6.85. The van der Waals surface area contributed by atoms with Crippen LogP contribution in [0.25, 0.3) is 0 Å². The average Bonchev–Trinajstić information content (AvgIpc) is 2.38. The predicted molar refractivity (Wildman–Crippen MR) is 79.1 cm³/mol. The van der Waals surface area contributed by atoms with Crippen molar-refractivity contribution in [3.8, 4) is 0 Å². The molecule has 3 amide bonds. The Hall–Kier alpha value is -1.40. The molecule has 0 aromatic carbocycles. The third-order valence-electron chi connectivity index (χ3n) is 3.91. The van der Waals surface area contributed by atoms with Crippen LogP contribution in [-0.4, -0.2) is 48.6 Å². The van der Waals surface area contributed by atoms with Crippen molar-refractivity contribution in [1.29, 1.82) is 0 Å². The van der Waals surface area contributed by atoms with E-state index in [0.29, 0.717) is 6.54 Å². The monoisotopic (exact) mass is 282 g/mol. The van der Waals surface area contributed by atoms with Crippen molar-refractivity contribution in [2.24, 2.45) is 11.1 Å². The summed E-state index contributed by atoms with van der Waals surface area (Å²) >= 11 is 0. The van der Waals surface area contributed by atoms with Gasteiger partial charge in [-0.1, -0.05) is 19.9 Å². The van der Waals surface area contributed by atoms with E-state index in [2.05, 4.69) is 36.0 Å². The molecule has 20 heavy (non-hydrogen) atoms. The Morgan fingerprint density at radius 2 is 2.20 bits per heavy atom. The van der Waals surface area contributed by atoms with Gasteiger partial charge in [0.05, 0.1) is 6.04 Å². The minimum absolute atomic E-state index is 0.0299. The van der Waals surface area contributed by atoms with Gasteiger partial charge in [-0.2, -0.15) is 0 Å². The number of nitrogens with zero attached hydrogens (tertiary/aromatic N) is 1. The van der Waals surface area contributed by atoms with Crippen LogP contribution >= 0.6 is 0 Å². The molecule has 4 N–H and O–H groups in total. The largest absolute Gasteiger partial charge is 0.334 e. The first kappa shape index (κ1) is 16.7. The lowest BCUT2D eigenvalue weighted by molar-refractivity contribution is -0.126. The summed E-state index contributed by atoms with van der Waals surface area (Å²) in [5, 5.41) is 4.86. The molecule has 0 bridgehead atoms. The standard InChI is InChI=1S/C14H26N4O2/c1-5-7-16-13(20)17-12(19)10(2)18-8-6-11(15)14(3,4)9-18/h5,10-11H,1,6-9,15H2,2-4H3,(H2,16,17,19,20). The van der Waals surface area contributed by atoms with Gasteiger partial charge in [-0.15, -0.1) is 6.58 Å². The van der Waals surface area contributed by atoms with E-state index in [1.807, 2.05) is 6.92 Å². The lowest BCUT2D eigenvalue weighted by Gasteiger charge is -2.44.